The molecule has 0 aromatic carbocycles. The summed E-state index contributed by atoms with van der Waals surface area (Å²) in [4.78, 5) is 0. The molecule has 0 saturated carbocycles. The van der Waals surface area contributed by atoms with Gasteiger partial charge in [-0.05, 0) is 32.0 Å². The second kappa shape index (κ2) is 8.94. The second-order valence-corrected chi connectivity index (χ2v) is 3.93. The lowest BCUT2D eigenvalue weighted by Crippen LogP contribution is -2.25. The van der Waals surface area contributed by atoms with E-state index in [0.717, 1.165) is 12.1 Å². The van der Waals surface area contributed by atoms with Crippen molar-refractivity contribution < 1.29 is 0 Å². The van der Waals surface area contributed by atoms with Crippen molar-refractivity contribution in [1.82, 2.24) is 5.43 Å². The fraction of sp³-hybridized carbons (Fsp3) is 0.800. The normalized spacial score (nSPS) is 11.4. The Kier molecular flexibility index (Phi) is 8.53. The lowest BCUT2D eigenvalue weighted by atomic mass is 10.1. The molecule has 0 aliphatic heterocycles. The lowest BCUT2D eigenvalue weighted by Gasteiger charge is -2.01. The SMILES string of the molecule is CCCCCCCC(C)=NNC(N)=S. The Balaban J connectivity index is 3.38. The topological polar surface area (TPSA) is 50.4 Å². The Bertz CT molecular complexity index is 190. The highest BCUT2D eigenvalue weighted by Gasteiger charge is 1.93. The van der Waals surface area contributed by atoms with Gasteiger partial charge in [-0.1, -0.05) is 32.6 Å². The Morgan fingerprint density at radius 3 is 2.50 bits per heavy atom. The van der Waals surface area contributed by atoms with Crippen LogP contribution < -0.4 is 11.2 Å². The van der Waals surface area contributed by atoms with Crippen molar-refractivity contribution >= 4 is 23.0 Å². The fourth-order valence-corrected chi connectivity index (χ4v) is 1.24. The minimum Gasteiger partial charge on any atom is -0.375 e. The zero-order chi connectivity index (χ0) is 10.8. The summed E-state index contributed by atoms with van der Waals surface area (Å²) in [6, 6.07) is 0. The Morgan fingerprint density at radius 2 is 1.93 bits per heavy atom. The number of nitrogens with one attached hydrogen (secondary N) is 1. The highest BCUT2D eigenvalue weighted by molar-refractivity contribution is 7.80. The molecule has 0 aliphatic rings. The monoisotopic (exact) mass is 215 g/mol. The predicted octanol–water partition coefficient (Wildman–Crippen LogP) is 2.56. The van der Waals surface area contributed by atoms with Crippen LogP contribution >= 0.6 is 12.2 Å². The number of hydrazone groups is 1. The highest BCUT2D eigenvalue weighted by Crippen LogP contribution is 2.05. The first-order valence-corrected chi connectivity index (χ1v) is 5.66. The minimum atomic E-state index is 0.232. The van der Waals surface area contributed by atoms with E-state index in [0.29, 0.717) is 0 Å². The summed E-state index contributed by atoms with van der Waals surface area (Å²) >= 11 is 4.64. The number of nitrogens with two attached hydrogens (primary N) is 1. The zero-order valence-corrected chi connectivity index (χ0v) is 9.99. The average molecular weight is 215 g/mol. The zero-order valence-electron chi connectivity index (χ0n) is 9.18. The lowest BCUT2D eigenvalue weighted by molar-refractivity contribution is 0.642. The molecule has 0 heterocycles. The fourth-order valence-electron chi connectivity index (χ4n) is 1.19. The van der Waals surface area contributed by atoms with Crippen LogP contribution in [0.2, 0.25) is 0 Å². The summed E-state index contributed by atoms with van der Waals surface area (Å²) in [7, 11) is 0. The first kappa shape index (κ1) is 13.4. The highest BCUT2D eigenvalue weighted by atomic mass is 32.1. The van der Waals surface area contributed by atoms with E-state index in [1.54, 1.807) is 0 Å². The van der Waals surface area contributed by atoms with E-state index < -0.39 is 0 Å². The first-order chi connectivity index (χ1) is 6.66. The van der Waals surface area contributed by atoms with Crippen LogP contribution in [0.4, 0.5) is 0 Å². The van der Waals surface area contributed by atoms with Gasteiger partial charge in [0.1, 0.15) is 0 Å². The van der Waals surface area contributed by atoms with Gasteiger partial charge in [0.25, 0.3) is 0 Å². The molecule has 0 aliphatic carbocycles. The summed E-state index contributed by atoms with van der Waals surface area (Å²) in [6.45, 7) is 4.21. The van der Waals surface area contributed by atoms with E-state index in [1.807, 2.05) is 6.92 Å². The van der Waals surface area contributed by atoms with Gasteiger partial charge in [0.15, 0.2) is 5.11 Å². The Morgan fingerprint density at radius 1 is 1.29 bits per heavy atom. The van der Waals surface area contributed by atoms with Crippen molar-refractivity contribution in [1.29, 1.82) is 0 Å². The van der Waals surface area contributed by atoms with Gasteiger partial charge in [-0.3, -0.25) is 5.43 Å². The largest absolute Gasteiger partial charge is 0.375 e. The molecule has 0 radical (unpaired) electrons. The van der Waals surface area contributed by atoms with Crippen molar-refractivity contribution in [2.45, 2.75) is 52.4 Å². The molecule has 0 unspecified atom stereocenters. The van der Waals surface area contributed by atoms with Gasteiger partial charge < -0.3 is 5.73 Å². The van der Waals surface area contributed by atoms with Gasteiger partial charge in [-0.2, -0.15) is 5.10 Å². The van der Waals surface area contributed by atoms with Gasteiger partial charge in [0, 0.05) is 5.71 Å². The van der Waals surface area contributed by atoms with Crippen molar-refractivity contribution in [2.75, 3.05) is 0 Å². The van der Waals surface area contributed by atoms with Crippen LogP contribution in [0.15, 0.2) is 5.10 Å². The summed E-state index contributed by atoms with van der Waals surface area (Å²) in [5.41, 5.74) is 8.91. The second-order valence-electron chi connectivity index (χ2n) is 3.49. The van der Waals surface area contributed by atoms with Gasteiger partial charge in [0.2, 0.25) is 0 Å². The van der Waals surface area contributed by atoms with E-state index in [9.17, 15) is 0 Å². The molecule has 0 atom stereocenters. The van der Waals surface area contributed by atoms with Crippen molar-refractivity contribution in [3.05, 3.63) is 0 Å². The molecule has 4 heteroatoms. The number of thiocarbonyl (C=S) groups is 1. The van der Waals surface area contributed by atoms with Crippen LogP contribution in [0, 0.1) is 0 Å². The molecule has 82 valence electrons. The van der Waals surface area contributed by atoms with Crippen LogP contribution in [-0.4, -0.2) is 10.8 Å². The molecular weight excluding hydrogens is 194 g/mol. The standard InChI is InChI=1S/C10H21N3S/c1-3-4-5-6-7-8-9(2)12-13-10(11)14/h3-8H2,1-2H3,(H3,11,13,14). The molecular formula is C10H21N3S. The molecule has 0 aromatic rings. The molecule has 0 rings (SSSR count). The van der Waals surface area contributed by atoms with E-state index >= 15 is 0 Å². The van der Waals surface area contributed by atoms with Crippen molar-refractivity contribution in [2.24, 2.45) is 10.8 Å². The van der Waals surface area contributed by atoms with Gasteiger partial charge in [-0.15, -0.1) is 0 Å². The number of nitrogens with zero attached hydrogens (tertiary/aromatic N) is 1. The smallest absolute Gasteiger partial charge is 0.184 e. The molecule has 0 spiro atoms. The van der Waals surface area contributed by atoms with Crippen LogP contribution in [0.25, 0.3) is 0 Å². The summed E-state index contributed by atoms with van der Waals surface area (Å²) < 4.78 is 0. The molecule has 0 bridgehead atoms. The third-order valence-corrected chi connectivity index (χ3v) is 2.09. The van der Waals surface area contributed by atoms with E-state index in [-0.39, 0.29) is 5.11 Å². The van der Waals surface area contributed by atoms with Crippen LogP contribution in [0.3, 0.4) is 0 Å². The Hall–Kier alpha value is -0.640. The maximum atomic E-state index is 5.25. The third-order valence-electron chi connectivity index (χ3n) is 2.00. The number of unbranched alkanes of at least 4 members (excludes halogenated alkanes) is 4. The molecule has 3 N–H and O–H groups in total. The quantitative estimate of drug-likeness (QED) is 0.297. The maximum absolute atomic E-state index is 5.25. The first-order valence-electron chi connectivity index (χ1n) is 5.25. The van der Waals surface area contributed by atoms with Crippen molar-refractivity contribution in [3.8, 4) is 0 Å². The predicted molar refractivity (Wildman–Crippen MR) is 66.4 cm³/mol. The van der Waals surface area contributed by atoms with Crippen LogP contribution in [0.1, 0.15) is 52.4 Å². The number of rotatable bonds is 7. The molecule has 0 saturated heterocycles. The maximum Gasteiger partial charge on any atom is 0.184 e. The van der Waals surface area contributed by atoms with E-state index in [2.05, 4.69) is 29.7 Å². The van der Waals surface area contributed by atoms with Gasteiger partial charge in [0.05, 0.1) is 0 Å². The van der Waals surface area contributed by atoms with Gasteiger partial charge in [-0.25, -0.2) is 0 Å². The molecule has 0 fully saturated rings. The van der Waals surface area contributed by atoms with Crippen LogP contribution in [0.5, 0.6) is 0 Å². The summed E-state index contributed by atoms with van der Waals surface area (Å²) in [5.74, 6) is 0. The van der Waals surface area contributed by atoms with E-state index in [4.69, 9.17) is 5.73 Å². The van der Waals surface area contributed by atoms with Crippen LogP contribution in [-0.2, 0) is 0 Å². The number of hydrogen-bond acceptors (Lipinski definition) is 2. The molecule has 0 amide bonds. The molecule has 3 nitrogen and oxygen atoms in total. The minimum absolute atomic E-state index is 0.232. The molecule has 0 aromatic heterocycles. The number of hydrogen-bond donors (Lipinski definition) is 2. The van der Waals surface area contributed by atoms with Crippen molar-refractivity contribution in [3.63, 3.8) is 0 Å². The Labute approximate surface area is 92.1 Å². The molecule has 14 heavy (non-hydrogen) atoms. The average Bonchev–Trinajstić information content (AvgIpc) is 2.14. The summed E-state index contributed by atoms with van der Waals surface area (Å²) in [6.07, 6.45) is 7.46. The van der Waals surface area contributed by atoms with Gasteiger partial charge >= 0.3 is 0 Å². The van der Waals surface area contributed by atoms with E-state index in [1.165, 1.54) is 32.1 Å². The third kappa shape index (κ3) is 9.45. The summed E-state index contributed by atoms with van der Waals surface area (Å²) in [5, 5.41) is 4.27.